The summed E-state index contributed by atoms with van der Waals surface area (Å²) in [6.45, 7) is 3.30. The second-order valence-corrected chi connectivity index (χ2v) is 8.27. The highest BCUT2D eigenvalue weighted by Crippen LogP contribution is 2.33. The van der Waals surface area contributed by atoms with Gasteiger partial charge in [-0.2, -0.15) is 0 Å². The molecule has 37 heavy (non-hydrogen) atoms. The minimum atomic E-state index is -0.875. The van der Waals surface area contributed by atoms with E-state index < -0.39 is 17.5 Å². The summed E-state index contributed by atoms with van der Waals surface area (Å²) in [4.78, 5) is 20.9. The topological polar surface area (TPSA) is 97.4 Å². The van der Waals surface area contributed by atoms with E-state index >= 15 is 8.78 Å². The maximum Gasteiger partial charge on any atom is 0.261 e. The second kappa shape index (κ2) is 11.6. The SMILES string of the molecule is CNCCCOc1cc2nccc(Nc3c(F)cc(NC(=O)c4cnccc4OC)cc3F)c2cc1C. The molecule has 0 atom stereocenters. The molecule has 2 aromatic carbocycles. The van der Waals surface area contributed by atoms with E-state index in [4.69, 9.17) is 9.47 Å². The number of fused-ring (bicyclic) bond motifs is 1. The van der Waals surface area contributed by atoms with E-state index in [0.29, 0.717) is 28.9 Å². The van der Waals surface area contributed by atoms with Crippen molar-refractivity contribution in [1.29, 1.82) is 0 Å². The first-order valence-electron chi connectivity index (χ1n) is 11.6. The third kappa shape index (κ3) is 5.92. The molecule has 2 heterocycles. The number of benzene rings is 2. The molecule has 0 spiro atoms. The van der Waals surface area contributed by atoms with Gasteiger partial charge in [0, 0.05) is 41.4 Å². The molecule has 0 unspecified atom stereocenters. The zero-order chi connectivity index (χ0) is 26.4. The van der Waals surface area contributed by atoms with Crippen molar-refractivity contribution in [2.45, 2.75) is 13.3 Å². The normalized spacial score (nSPS) is 10.8. The summed E-state index contributed by atoms with van der Waals surface area (Å²) in [5.74, 6) is -1.36. The lowest BCUT2D eigenvalue weighted by atomic mass is 10.1. The van der Waals surface area contributed by atoms with Crippen molar-refractivity contribution in [3.8, 4) is 11.5 Å². The third-order valence-electron chi connectivity index (χ3n) is 5.67. The summed E-state index contributed by atoms with van der Waals surface area (Å²) in [6, 6.07) is 8.91. The van der Waals surface area contributed by atoms with Gasteiger partial charge < -0.3 is 25.4 Å². The first-order chi connectivity index (χ1) is 17.9. The first-order valence-corrected chi connectivity index (χ1v) is 11.6. The van der Waals surface area contributed by atoms with Gasteiger partial charge in [0.2, 0.25) is 0 Å². The standard InChI is InChI=1S/C27H27F2N5O3/c1-16-11-18-22(5-9-32-23(18)14-25(16)37-10-4-7-30-2)34-26-20(28)12-17(13-21(26)29)33-27(35)19-15-31-8-6-24(19)36-3/h5-6,8-9,11-15,30H,4,7,10H2,1-3H3,(H,32,34)(H,33,35). The van der Waals surface area contributed by atoms with Crippen LogP contribution in [-0.4, -0.2) is 43.2 Å². The van der Waals surface area contributed by atoms with Crippen LogP contribution in [0.1, 0.15) is 22.3 Å². The van der Waals surface area contributed by atoms with Crippen molar-refractivity contribution < 1.29 is 23.0 Å². The number of methoxy groups -OCH3 is 1. The van der Waals surface area contributed by atoms with Gasteiger partial charge in [0.15, 0.2) is 11.6 Å². The Morgan fingerprint density at radius 1 is 1.05 bits per heavy atom. The van der Waals surface area contributed by atoms with Gasteiger partial charge in [-0.05, 0) is 62.8 Å². The number of hydrogen-bond donors (Lipinski definition) is 3. The molecule has 8 nitrogen and oxygen atoms in total. The Morgan fingerprint density at radius 2 is 1.84 bits per heavy atom. The molecule has 0 bridgehead atoms. The minimum Gasteiger partial charge on any atom is -0.496 e. The number of carbonyl (C=O) groups excluding carboxylic acids is 1. The number of halogens is 2. The highest BCUT2D eigenvalue weighted by molar-refractivity contribution is 6.06. The maximum atomic E-state index is 15.0. The fourth-order valence-electron chi connectivity index (χ4n) is 3.81. The Bertz CT molecular complexity index is 1410. The van der Waals surface area contributed by atoms with E-state index in [1.807, 2.05) is 26.1 Å². The molecule has 4 aromatic rings. The summed E-state index contributed by atoms with van der Waals surface area (Å²) in [7, 11) is 3.30. The van der Waals surface area contributed by atoms with Crippen molar-refractivity contribution in [2.75, 3.05) is 37.9 Å². The average molecular weight is 508 g/mol. The van der Waals surface area contributed by atoms with E-state index in [9.17, 15) is 4.79 Å². The number of amides is 1. The lowest BCUT2D eigenvalue weighted by Gasteiger charge is -2.15. The maximum absolute atomic E-state index is 15.0. The van der Waals surface area contributed by atoms with E-state index in [0.717, 1.165) is 30.7 Å². The first kappa shape index (κ1) is 25.8. The molecular formula is C27H27F2N5O3. The van der Waals surface area contributed by atoms with Gasteiger partial charge in [-0.25, -0.2) is 8.78 Å². The highest BCUT2D eigenvalue weighted by atomic mass is 19.1. The number of aryl methyl sites for hydroxylation is 1. The minimum absolute atomic E-state index is 0.0491. The number of hydrogen-bond acceptors (Lipinski definition) is 7. The molecule has 0 aliphatic heterocycles. The summed E-state index contributed by atoms with van der Waals surface area (Å²) >= 11 is 0. The van der Waals surface area contributed by atoms with E-state index in [1.165, 1.54) is 25.6 Å². The monoisotopic (exact) mass is 507 g/mol. The van der Waals surface area contributed by atoms with E-state index in [2.05, 4.69) is 25.9 Å². The van der Waals surface area contributed by atoms with Crippen LogP contribution in [0.4, 0.5) is 25.8 Å². The van der Waals surface area contributed by atoms with Gasteiger partial charge in [-0.3, -0.25) is 14.8 Å². The van der Waals surface area contributed by atoms with Crippen LogP contribution in [0, 0.1) is 18.6 Å². The molecule has 0 radical (unpaired) electrons. The Hall–Kier alpha value is -4.31. The summed E-state index contributed by atoms with van der Waals surface area (Å²) in [5.41, 5.74) is 1.70. The number of nitrogens with one attached hydrogen (secondary N) is 3. The zero-order valence-electron chi connectivity index (χ0n) is 20.7. The fourth-order valence-corrected chi connectivity index (χ4v) is 3.81. The van der Waals surface area contributed by atoms with Gasteiger partial charge >= 0.3 is 0 Å². The van der Waals surface area contributed by atoms with Gasteiger partial charge in [-0.1, -0.05) is 0 Å². The smallest absolute Gasteiger partial charge is 0.261 e. The van der Waals surface area contributed by atoms with Gasteiger partial charge in [-0.15, -0.1) is 0 Å². The van der Waals surface area contributed by atoms with Crippen molar-refractivity contribution in [1.82, 2.24) is 15.3 Å². The summed E-state index contributed by atoms with van der Waals surface area (Å²) in [5, 5.41) is 9.07. The molecule has 0 aliphatic rings. The van der Waals surface area contributed by atoms with Gasteiger partial charge in [0.25, 0.3) is 5.91 Å². The van der Waals surface area contributed by atoms with Crippen molar-refractivity contribution in [3.63, 3.8) is 0 Å². The lowest BCUT2D eigenvalue weighted by molar-refractivity contribution is 0.102. The lowest BCUT2D eigenvalue weighted by Crippen LogP contribution is -2.14. The molecule has 0 saturated heterocycles. The van der Waals surface area contributed by atoms with Crippen LogP contribution < -0.4 is 25.4 Å². The second-order valence-electron chi connectivity index (χ2n) is 8.27. The highest BCUT2D eigenvalue weighted by Gasteiger charge is 2.17. The number of ether oxygens (including phenoxy) is 2. The number of carbonyl (C=O) groups is 1. The van der Waals surface area contributed by atoms with Crippen LogP contribution in [0.5, 0.6) is 11.5 Å². The largest absolute Gasteiger partial charge is 0.496 e. The fraction of sp³-hybridized carbons (Fsp3) is 0.222. The van der Waals surface area contributed by atoms with Crippen LogP contribution in [0.25, 0.3) is 10.9 Å². The predicted molar refractivity (Wildman–Crippen MR) is 139 cm³/mol. The zero-order valence-corrected chi connectivity index (χ0v) is 20.7. The number of anilines is 3. The van der Waals surface area contributed by atoms with Crippen molar-refractivity contribution >= 4 is 33.9 Å². The molecular weight excluding hydrogens is 480 g/mol. The number of pyridine rings is 2. The molecule has 192 valence electrons. The van der Waals surface area contributed by atoms with Gasteiger partial charge in [0.05, 0.1) is 24.8 Å². The van der Waals surface area contributed by atoms with Crippen LogP contribution >= 0.6 is 0 Å². The van der Waals surface area contributed by atoms with Crippen LogP contribution in [0.3, 0.4) is 0 Å². The van der Waals surface area contributed by atoms with E-state index in [1.54, 1.807) is 12.3 Å². The molecule has 10 heteroatoms. The molecule has 0 aliphatic carbocycles. The molecule has 0 fully saturated rings. The van der Waals surface area contributed by atoms with Gasteiger partial charge in [0.1, 0.15) is 17.2 Å². The number of rotatable bonds is 10. The summed E-state index contributed by atoms with van der Waals surface area (Å²) < 4.78 is 41.0. The number of aromatic nitrogens is 2. The van der Waals surface area contributed by atoms with Crippen LogP contribution in [-0.2, 0) is 0 Å². The predicted octanol–water partition coefficient (Wildman–Crippen LogP) is 5.21. The molecule has 3 N–H and O–H groups in total. The van der Waals surface area contributed by atoms with E-state index in [-0.39, 0.29) is 22.7 Å². The third-order valence-corrected chi connectivity index (χ3v) is 5.67. The molecule has 1 amide bonds. The Labute approximate surface area is 213 Å². The summed E-state index contributed by atoms with van der Waals surface area (Å²) in [6.07, 6.45) is 5.19. The Morgan fingerprint density at radius 3 is 2.57 bits per heavy atom. The quantitative estimate of drug-likeness (QED) is 0.254. The van der Waals surface area contributed by atoms with Crippen LogP contribution in [0.15, 0.2) is 55.0 Å². The Kier molecular flexibility index (Phi) is 8.09. The van der Waals surface area contributed by atoms with Crippen molar-refractivity contribution in [3.05, 3.63) is 77.8 Å². The average Bonchev–Trinajstić information content (AvgIpc) is 2.89. The Balaban J connectivity index is 1.56. The molecule has 2 aromatic heterocycles. The molecule has 4 rings (SSSR count). The number of nitrogens with zero attached hydrogens (tertiary/aromatic N) is 2. The van der Waals surface area contributed by atoms with Crippen LogP contribution in [0.2, 0.25) is 0 Å². The molecule has 0 saturated carbocycles. The van der Waals surface area contributed by atoms with Crippen molar-refractivity contribution in [2.24, 2.45) is 0 Å².